The topological polar surface area (TPSA) is 29.3 Å². The van der Waals surface area contributed by atoms with E-state index in [0.717, 1.165) is 22.5 Å². The van der Waals surface area contributed by atoms with E-state index in [2.05, 4.69) is 79.8 Å². The Kier molecular flexibility index (Phi) is 3.77. The Labute approximate surface area is 147 Å². The summed E-state index contributed by atoms with van der Waals surface area (Å²) in [4.78, 5) is 0. The molecule has 0 spiro atoms. The summed E-state index contributed by atoms with van der Waals surface area (Å²) in [5, 5.41) is 7.92. The standard InChI is InChI=1S/C22H21N3/c1-15-7-8-19(11-16(15)2)22-14-21-13-18(9-10-25(21)24-22)17-5-4-6-20(12-17)23-3/h4-14,23H,1-3H3. The molecule has 0 unspecified atom stereocenters. The Bertz CT molecular complexity index is 1060. The maximum atomic E-state index is 4.73. The summed E-state index contributed by atoms with van der Waals surface area (Å²) in [6, 6.07) is 21.4. The van der Waals surface area contributed by atoms with Gasteiger partial charge in [0.15, 0.2) is 0 Å². The molecule has 4 aromatic rings. The van der Waals surface area contributed by atoms with Gasteiger partial charge in [0.25, 0.3) is 0 Å². The normalized spacial score (nSPS) is 11.0. The molecule has 0 atom stereocenters. The van der Waals surface area contributed by atoms with Crippen LogP contribution >= 0.6 is 0 Å². The van der Waals surface area contributed by atoms with Gasteiger partial charge >= 0.3 is 0 Å². The highest BCUT2D eigenvalue weighted by Crippen LogP contribution is 2.27. The molecule has 2 heterocycles. The summed E-state index contributed by atoms with van der Waals surface area (Å²) >= 11 is 0. The van der Waals surface area contributed by atoms with Gasteiger partial charge in [0, 0.05) is 24.5 Å². The van der Waals surface area contributed by atoms with Crippen molar-refractivity contribution in [3.8, 4) is 22.4 Å². The molecule has 0 aliphatic heterocycles. The number of hydrogen-bond acceptors (Lipinski definition) is 2. The highest BCUT2D eigenvalue weighted by molar-refractivity contribution is 5.74. The van der Waals surface area contributed by atoms with Crippen molar-refractivity contribution in [1.82, 2.24) is 9.61 Å². The Morgan fingerprint density at radius 2 is 1.64 bits per heavy atom. The number of hydrogen-bond donors (Lipinski definition) is 1. The summed E-state index contributed by atoms with van der Waals surface area (Å²) < 4.78 is 1.94. The summed E-state index contributed by atoms with van der Waals surface area (Å²) in [5.41, 5.74) is 9.36. The predicted octanol–water partition coefficient (Wildman–Crippen LogP) is 5.33. The molecule has 3 heteroatoms. The molecular weight excluding hydrogens is 306 g/mol. The van der Waals surface area contributed by atoms with Crippen molar-refractivity contribution in [3.63, 3.8) is 0 Å². The van der Waals surface area contributed by atoms with Gasteiger partial charge in [-0.05, 0) is 72.5 Å². The van der Waals surface area contributed by atoms with Crippen molar-refractivity contribution < 1.29 is 0 Å². The van der Waals surface area contributed by atoms with E-state index in [0.29, 0.717) is 0 Å². The molecule has 0 saturated carbocycles. The Morgan fingerprint density at radius 3 is 2.44 bits per heavy atom. The van der Waals surface area contributed by atoms with E-state index in [-0.39, 0.29) is 0 Å². The number of benzene rings is 2. The van der Waals surface area contributed by atoms with Crippen LogP contribution in [0.1, 0.15) is 11.1 Å². The Balaban J connectivity index is 1.77. The molecule has 0 radical (unpaired) electrons. The lowest BCUT2D eigenvalue weighted by atomic mass is 10.0. The van der Waals surface area contributed by atoms with Crippen LogP contribution in [0, 0.1) is 13.8 Å². The van der Waals surface area contributed by atoms with Gasteiger partial charge < -0.3 is 5.32 Å². The minimum absolute atomic E-state index is 1.00. The summed E-state index contributed by atoms with van der Waals surface area (Å²) in [7, 11) is 1.94. The van der Waals surface area contributed by atoms with Crippen LogP contribution in [-0.4, -0.2) is 16.7 Å². The zero-order valence-corrected chi connectivity index (χ0v) is 14.7. The van der Waals surface area contributed by atoms with Crippen LogP contribution in [0.25, 0.3) is 27.9 Å². The van der Waals surface area contributed by atoms with Crippen LogP contribution in [0.3, 0.4) is 0 Å². The molecule has 124 valence electrons. The van der Waals surface area contributed by atoms with E-state index in [4.69, 9.17) is 5.10 Å². The SMILES string of the molecule is CNc1cccc(-c2ccn3nc(-c4ccc(C)c(C)c4)cc3c2)c1. The first-order valence-electron chi connectivity index (χ1n) is 8.49. The smallest absolute Gasteiger partial charge is 0.0933 e. The zero-order chi connectivity index (χ0) is 17.4. The fourth-order valence-corrected chi connectivity index (χ4v) is 3.07. The Morgan fingerprint density at radius 1 is 0.800 bits per heavy atom. The number of pyridine rings is 1. The highest BCUT2D eigenvalue weighted by atomic mass is 15.2. The van der Waals surface area contributed by atoms with E-state index in [1.807, 2.05) is 17.8 Å². The second kappa shape index (κ2) is 6.10. The maximum absolute atomic E-state index is 4.73. The molecule has 1 N–H and O–H groups in total. The van der Waals surface area contributed by atoms with Gasteiger partial charge in [-0.2, -0.15) is 5.10 Å². The van der Waals surface area contributed by atoms with Crippen LogP contribution in [-0.2, 0) is 0 Å². The molecule has 0 aliphatic rings. The lowest BCUT2D eigenvalue weighted by molar-refractivity contribution is 0.966. The van der Waals surface area contributed by atoms with Crippen molar-refractivity contribution in [1.29, 1.82) is 0 Å². The lowest BCUT2D eigenvalue weighted by Crippen LogP contribution is -1.90. The van der Waals surface area contributed by atoms with E-state index >= 15 is 0 Å². The second-order valence-electron chi connectivity index (χ2n) is 6.44. The first-order chi connectivity index (χ1) is 12.1. The first kappa shape index (κ1) is 15.5. The van der Waals surface area contributed by atoms with Crippen molar-refractivity contribution in [3.05, 3.63) is 78.0 Å². The Hall–Kier alpha value is -3.07. The predicted molar refractivity (Wildman–Crippen MR) is 105 cm³/mol. The minimum atomic E-state index is 1.00. The van der Waals surface area contributed by atoms with Gasteiger partial charge in [0.2, 0.25) is 0 Å². The fourth-order valence-electron chi connectivity index (χ4n) is 3.07. The van der Waals surface area contributed by atoms with Gasteiger partial charge in [0.1, 0.15) is 0 Å². The molecule has 0 amide bonds. The number of aromatic nitrogens is 2. The van der Waals surface area contributed by atoms with Gasteiger partial charge in [-0.15, -0.1) is 0 Å². The van der Waals surface area contributed by atoms with E-state index in [9.17, 15) is 0 Å². The zero-order valence-electron chi connectivity index (χ0n) is 14.7. The molecule has 2 aromatic heterocycles. The number of aryl methyl sites for hydroxylation is 2. The van der Waals surface area contributed by atoms with Gasteiger partial charge in [-0.3, -0.25) is 0 Å². The van der Waals surface area contributed by atoms with Gasteiger partial charge in [-0.25, -0.2) is 4.52 Å². The summed E-state index contributed by atoms with van der Waals surface area (Å²) in [6.45, 7) is 4.27. The van der Waals surface area contributed by atoms with E-state index in [1.54, 1.807) is 0 Å². The van der Waals surface area contributed by atoms with Crippen LogP contribution in [0.5, 0.6) is 0 Å². The van der Waals surface area contributed by atoms with Crippen molar-refractivity contribution in [2.75, 3.05) is 12.4 Å². The second-order valence-corrected chi connectivity index (χ2v) is 6.44. The van der Waals surface area contributed by atoms with Crippen LogP contribution in [0.15, 0.2) is 66.9 Å². The molecule has 0 saturated heterocycles. The maximum Gasteiger partial charge on any atom is 0.0933 e. The van der Waals surface area contributed by atoms with E-state index < -0.39 is 0 Å². The number of nitrogens with zero attached hydrogens (tertiary/aromatic N) is 2. The summed E-state index contributed by atoms with van der Waals surface area (Å²) in [6.07, 6.45) is 2.03. The number of anilines is 1. The van der Waals surface area contributed by atoms with Gasteiger partial charge in [0.05, 0.1) is 11.2 Å². The third-order valence-corrected chi connectivity index (χ3v) is 4.75. The average Bonchev–Trinajstić information content (AvgIpc) is 3.07. The van der Waals surface area contributed by atoms with Crippen molar-refractivity contribution in [2.24, 2.45) is 0 Å². The van der Waals surface area contributed by atoms with Crippen molar-refractivity contribution in [2.45, 2.75) is 13.8 Å². The molecule has 2 aromatic carbocycles. The molecule has 4 rings (SSSR count). The third kappa shape index (κ3) is 2.89. The van der Waals surface area contributed by atoms with Gasteiger partial charge in [-0.1, -0.05) is 24.3 Å². The van der Waals surface area contributed by atoms with Crippen molar-refractivity contribution >= 4 is 11.2 Å². The van der Waals surface area contributed by atoms with Crippen LogP contribution in [0.4, 0.5) is 5.69 Å². The molecule has 25 heavy (non-hydrogen) atoms. The highest BCUT2D eigenvalue weighted by Gasteiger charge is 2.07. The largest absolute Gasteiger partial charge is 0.388 e. The lowest BCUT2D eigenvalue weighted by Gasteiger charge is -2.05. The molecule has 0 bridgehead atoms. The van der Waals surface area contributed by atoms with E-state index in [1.165, 1.54) is 22.3 Å². The molecule has 0 aliphatic carbocycles. The third-order valence-electron chi connectivity index (χ3n) is 4.75. The van der Waals surface area contributed by atoms with Crippen LogP contribution in [0.2, 0.25) is 0 Å². The fraction of sp³-hybridized carbons (Fsp3) is 0.136. The number of nitrogens with one attached hydrogen (secondary N) is 1. The number of rotatable bonds is 3. The van der Waals surface area contributed by atoms with Crippen LogP contribution < -0.4 is 5.32 Å². The monoisotopic (exact) mass is 327 g/mol. The molecular formula is C22H21N3. The summed E-state index contributed by atoms with van der Waals surface area (Å²) in [5.74, 6) is 0. The number of fused-ring (bicyclic) bond motifs is 1. The molecule has 3 nitrogen and oxygen atoms in total. The first-order valence-corrected chi connectivity index (χ1v) is 8.49. The average molecular weight is 327 g/mol. The molecule has 0 fully saturated rings. The quantitative estimate of drug-likeness (QED) is 0.551. The minimum Gasteiger partial charge on any atom is -0.388 e.